The quantitative estimate of drug-likeness (QED) is 0.224. The lowest BCUT2D eigenvalue weighted by atomic mass is 9.78. The molecule has 2 heterocycles. The summed E-state index contributed by atoms with van der Waals surface area (Å²) in [5.41, 5.74) is 10.7. The molecule has 0 saturated heterocycles. The zero-order valence-electron chi connectivity index (χ0n) is 23.7. The van der Waals surface area contributed by atoms with E-state index in [1.165, 1.54) is 72.0 Å². The minimum absolute atomic E-state index is 0.200. The van der Waals surface area contributed by atoms with Crippen LogP contribution in [0.5, 0.6) is 0 Å². The normalized spacial score (nSPS) is 24.1. The van der Waals surface area contributed by atoms with Crippen molar-refractivity contribution in [3.8, 4) is 22.4 Å². The SMILES string of the molecule is CCCCCc1ccc(-c2ccc3c(c2)-c2cc(CC(C)(C)C)cc[n+]2C2(CC)C(C)C32CC)cc1. The number of rotatable bonds is 8. The molecule has 0 amide bonds. The second kappa shape index (κ2) is 9.16. The van der Waals surface area contributed by atoms with Gasteiger partial charge in [-0.25, -0.2) is 0 Å². The van der Waals surface area contributed by atoms with E-state index in [0.717, 1.165) is 6.42 Å². The van der Waals surface area contributed by atoms with E-state index >= 15 is 0 Å². The number of aromatic nitrogens is 1. The fourth-order valence-electron chi connectivity index (χ4n) is 7.87. The van der Waals surface area contributed by atoms with Crippen LogP contribution < -0.4 is 4.57 Å². The highest BCUT2D eigenvalue weighted by Gasteiger charge is 2.82. The summed E-state index contributed by atoms with van der Waals surface area (Å²) in [5, 5.41) is 0. The Balaban J connectivity index is 1.61. The number of pyridine rings is 1. The molecule has 3 atom stereocenters. The number of fused-ring (bicyclic) bond motifs is 6. The van der Waals surface area contributed by atoms with Gasteiger partial charge >= 0.3 is 0 Å². The highest BCUT2D eigenvalue weighted by atomic mass is 15.2. The third kappa shape index (κ3) is 3.77. The smallest absolute Gasteiger partial charge is 0.192 e. The van der Waals surface area contributed by atoms with Gasteiger partial charge in [-0.3, -0.25) is 0 Å². The second-order valence-electron chi connectivity index (χ2n) is 12.8. The van der Waals surface area contributed by atoms with E-state index in [1.54, 1.807) is 5.56 Å². The Morgan fingerprint density at radius 3 is 2.17 bits per heavy atom. The second-order valence-corrected chi connectivity index (χ2v) is 12.8. The third-order valence-corrected chi connectivity index (χ3v) is 9.56. The van der Waals surface area contributed by atoms with E-state index < -0.39 is 0 Å². The average Bonchev–Trinajstić information content (AvgIpc) is 3.43. The van der Waals surface area contributed by atoms with Gasteiger partial charge in [0.05, 0.1) is 11.0 Å². The zero-order chi connectivity index (χ0) is 25.7. The average molecular weight is 481 g/mol. The van der Waals surface area contributed by atoms with Crippen molar-refractivity contribution in [1.82, 2.24) is 0 Å². The number of unbranched alkanes of at least 4 members (excludes halogenated alkanes) is 2. The molecule has 1 heteroatoms. The molecule has 0 N–H and O–H groups in total. The van der Waals surface area contributed by atoms with Crippen LogP contribution in [0.4, 0.5) is 0 Å². The summed E-state index contributed by atoms with van der Waals surface area (Å²) in [6.45, 7) is 16.6. The standard InChI is InChI=1S/C35H46N/c1-8-11-12-13-26-14-16-28(17-15-26)29-18-19-31-30(23-29)32-22-27(24-33(5,6)7)20-21-36(32)35(10-3)25(4)34(31,35)9-2/h14-23,25H,8-13,24H2,1-7H3/q+1. The highest BCUT2D eigenvalue weighted by molar-refractivity contribution is 5.76. The first-order chi connectivity index (χ1) is 17.2. The Hall–Kier alpha value is -2.41. The van der Waals surface area contributed by atoms with E-state index in [1.807, 2.05) is 0 Å². The number of nitrogens with zero attached hydrogens (tertiary/aromatic N) is 1. The number of benzene rings is 2. The van der Waals surface area contributed by atoms with E-state index in [-0.39, 0.29) is 16.4 Å². The van der Waals surface area contributed by atoms with E-state index in [2.05, 4.69) is 114 Å². The fraction of sp³-hybridized carbons (Fsp3) is 0.514. The van der Waals surface area contributed by atoms with Crippen LogP contribution in [0.2, 0.25) is 0 Å². The summed E-state index contributed by atoms with van der Waals surface area (Å²) in [6, 6.07) is 21.6. The van der Waals surface area contributed by atoms with Gasteiger partial charge in [-0.2, -0.15) is 4.57 Å². The molecule has 0 bridgehead atoms. The van der Waals surface area contributed by atoms with Crippen LogP contribution in [0.15, 0.2) is 60.8 Å². The predicted octanol–water partition coefficient (Wildman–Crippen LogP) is 9.05. The molecule has 1 aliphatic heterocycles. The molecule has 1 saturated carbocycles. The van der Waals surface area contributed by atoms with Crippen molar-refractivity contribution < 1.29 is 4.57 Å². The molecule has 5 rings (SSSR count). The van der Waals surface area contributed by atoms with Crippen LogP contribution in [0.3, 0.4) is 0 Å². The topological polar surface area (TPSA) is 3.88 Å². The summed E-state index contributed by atoms with van der Waals surface area (Å²) in [6.07, 6.45) is 11.0. The minimum Gasteiger partial charge on any atom is -0.192 e. The van der Waals surface area contributed by atoms with Gasteiger partial charge in [-0.05, 0) is 65.0 Å². The van der Waals surface area contributed by atoms with Crippen molar-refractivity contribution in [2.24, 2.45) is 11.3 Å². The first kappa shape index (κ1) is 25.2. The van der Waals surface area contributed by atoms with Gasteiger partial charge in [0.25, 0.3) is 0 Å². The minimum atomic E-state index is 0.200. The molecule has 1 fully saturated rings. The molecule has 0 radical (unpaired) electrons. The molecule has 1 aliphatic carbocycles. The predicted molar refractivity (Wildman–Crippen MR) is 153 cm³/mol. The molecule has 3 aromatic rings. The number of hydrogen-bond donors (Lipinski definition) is 0. The van der Waals surface area contributed by atoms with Crippen molar-refractivity contribution in [3.05, 3.63) is 77.5 Å². The van der Waals surface area contributed by atoms with Gasteiger partial charge < -0.3 is 0 Å². The Morgan fingerprint density at radius 2 is 1.53 bits per heavy atom. The number of hydrogen-bond acceptors (Lipinski definition) is 0. The lowest BCUT2D eigenvalue weighted by Crippen LogP contribution is -2.55. The van der Waals surface area contributed by atoms with Crippen LogP contribution >= 0.6 is 0 Å². The highest BCUT2D eigenvalue weighted by Crippen LogP contribution is 2.71. The Kier molecular flexibility index (Phi) is 6.42. The van der Waals surface area contributed by atoms with Gasteiger partial charge in [-0.1, -0.05) is 97.7 Å². The summed E-state index contributed by atoms with van der Waals surface area (Å²) in [5.74, 6) is 0.645. The van der Waals surface area contributed by atoms with E-state index in [4.69, 9.17) is 0 Å². The lowest BCUT2D eigenvalue weighted by Gasteiger charge is -2.29. The molecular weight excluding hydrogens is 434 g/mol. The fourth-order valence-corrected chi connectivity index (χ4v) is 7.87. The molecule has 2 aromatic carbocycles. The van der Waals surface area contributed by atoms with Crippen LogP contribution in [-0.4, -0.2) is 0 Å². The summed E-state index contributed by atoms with van der Waals surface area (Å²) >= 11 is 0. The first-order valence-electron chi connectivity index (χ1n) is 14.5. The summed E-state index contributed by atoms with van der Waals surface area (Å²) in [7, 11) is 0. The maximum Gasteiger partial charge on any atom is 0.213 e. The van der Waals surface area contributed by atoms with E-state index in [0.29, 0.717) is 5.92 Å². The van der Waals surface area contributed by atoms with Gasteiger partial charge in [0.2, 0.25) is 5.69 Å². The van der Waals surface area contributed by atoms with E-state index in [9.17, 15) is 0 Å². The van der Waals surface area contributed by atoms with Gasteiger partial charge in [-0.15, -0.1) is 0 Å². The van der Waals surface area contributed by atoms with Crippen molar-refractivity contribution in [2.45, 2.75) is 104 Å². The summed E-state index contributed by atoms with van der Waals surface area (Å²) < 4.78 is 2.68. The molecule has 1 aromatic heterocycles. The molecule has 3 unspecified atom stereocenters. The number of aryl methyl sites for hydroxylation is 1. The maximum atomic E-state index is 2.68. The molecule has 0 spiro atoms. The molecule has 1 nitrogen and oxygen atoms in total. The largest absolute Gasteiger partial charge is 0.213 e. The Morgan fingerprint density at radius 1 is 0.806 bits per heavy atom. The molecule has 190 valence electrons. The molecule has 36 heavy (non-hydrogen) atoms. The van der Waals surface area contributed by atoms with Gasteiger partial charge in [0, 0.05) is 24.5 Å². The Labute approximate surface area is 220 Å². The monoisotopic (exact) mass is 480 g/mol. The zero-order valence-corrected chi connectivity index (χ0v) is 23.7. The maximum absolute atomic E-state index is 2.68. The third-order valence-electron chi connectivity index (χ3n) is 9.56. The molecular formula is C35H46N+. The van der Waals surface area contributed by atoms with Crippen LogP contribution in [-0.2, 0) is 23.8 Å². The lowest BCUT2D eigenvalue weighted by molar-refractivity contribution is -0.738. The van der Waals surface area contributed by atoms with Crippen molar-refractivity contribution in [2.75, 3.05) is 0 Å². The van der Waals surface area contributed by atoms with Crippen molar-refractivity contribution in [3.63, 3.8) is 0 Å². The van der Waals surface area contributed by atoms with Crippen LogP contribution in [0.25, 0.3) is 22.4 Å². The van der Waals surface area contributed by atoms with Crippen LogP contribution in [0, 0.1) is 11.3 Å². The first-order valence-corrected chi connectivity index (χ1v) is 14.5. The molecule has 2 aliphatic rings. The van der Waals surface area contributed by atoms with Crippen molar-refractivity contribution >= 4 is 0 Å². The van der Waals surface area contributed by atoms with Crippen molar-refractivity contribution in [1.29, 1.82) is 0 Å². The van der Waals surface area contributed by atoms with Gasteiger partial charge in [0.1, 0.15) is 0 Å². The Bertz CT molecular complexity index is 1240. The van der Waals surface area contributed by atoms with Crippen LogP contribution in [0.1, 0.15) is 97.3 Å². The van der Waals surface area contributed by atoms with Gasteiger partial charge in [0.15, 0.2) is 11.7 Å². The summed E-state index contributed by atoms with van der Waals surface area (Å²) in [4.78, 5) is 0.